The number of carboxylic acid groups (broad SMARTS) is 1. The van der Waals surface area contributed by atoms with Crippen molar-refractivity contribution >= 4 is 47.1 Å². The van der Waals surface area contributed by atoms with E-state index in [-0.39, 0.29) is 18.2 Å². The number of nitrogens with zero attached hydrogens (tertiary/aromatic N) is 1. The maximum absolute atomic E-state index is 13.6. The molecule has 0 radical (unpaired) electrons. The molecule has 2 atom stereocenters. The molecule has 34 heavy (non-hydrogen) atoms. The number of carbonyl (C=O) groups is 4. The smallest absolute Gasteiger partial charge is 0.305 e. The predicted molar refractivity (Wildman–Crippen MR) is 127 cm³/mol. The summed E-state index contributed by atoms with van der Waals surface area (Å²) in [7, 11) is 0. The molecule has 0 spiro atoms. The Bertz CT molecular complexity index is 1080. The van der Waals surface area contributed by atoms with Crippen LogP contribution in [0, 0.1) is 11.8 Å². The van der Waals surface area contributed by atoms with Gasteiger partial charge in [0.05, 0.1) is 17.8 Å². The topological polar surface area (TPSA) is 104 Å². The van der Waals surface area contributed by atoms with Crippen molar-refractivity contribution in [3.8, 4) is 0 Å². The van der Waals surface area contributed by atoms with Crippen LogP contribution in [0.4, 0.5) is 15.8 Å². The van der Waals surface area contributed by atoms with Crippen LogP contribution in [0.3, 0.4) is 0 Å². The van der Waals surface area contributed by atoms with Crippen LogP contribution >= 0.6 is 0 Å². The van der Waals surface area contributed by atoms with Crippen molar-refractivity contribution in [2.75, 3.05) is 11.6 Å². The van der Waals surface area contributed by atoms with Crippen molar-refractivity contribution in [2.45, 2.75) is 32.7 Å². The molecule has 0 bridgehead atoms. The van der Waals surface area contributed by atoms with Crippen molar-refractivity contribution in [1.82, 2.24) is 5.32 Å². The van der Waals surface area contributed by atoms with Gasteiger partial charge in [-0.15, -0.1) is 0 Å². The number of halogens is 1. The van der Waals surface area contributed by atoms with Crippen LogP contribution in [0.25, 0.3) is 12.2 Å². The molecule has 3 rings (SSSR count). The summed E-state index contributed by atoms with van der Waals surface area (Å²) >= 11 is 0. The molecule has 1 aliphatic rings. The fraction of sp³-hybridized carbons (Fsp3) is 0.308. The molecule has 0 saturated carbocycles. The maximum Gasteiger partial charge on any atom is 0.305 e. The highest BCUT2D eigenvalue weighted by Crippen LogP contribution is 2.37. The molecule has 0 fully saturated rings. The third-order valence-corrected chi connectivity index (χ3v) is 5.80. The van der Waals surface area contributed by atoms with E-state index in [2.05, 4.69) is 5.32 Å². The Morgan fingerprint density at radius 2 is 1.44 bits per heavy atom. The summed E-state index contributed by atoms with van der Waals surface area (Å²) in [6, 6.07) is 13.3. The molecule has 0 aliphatic carbocycles. The number of amides is 2. The Morgan fingerprint density at radius 3 is 1.91 bits per heavy atom. The number of Topliss-reactive ketones (excluding diaryl/α,β-unsaturated/α-hetero) is 1. The third kappa shape index (κ3) is 5.57. The molecule has 1 heterocycles. The molecule has 0 saturated heterocycles. The number of hydrogen-bond donors (Lipinski definition) is 2. The minimum atomic E-state index is -1.49. The lowest BCUT2D eigenvalue weighted by Crippen LogP contribution is -2.47. The molecule has 2 N–H and O–H groups in total. The van der Waals surface area contributed by atoms with E-state index in [1.165, 1.54) is 0 Å². The zero-order valence-corrected chi connectivity index (χ0v) is 19.0. The molecular formula is C26H27FN2O5. The average molecular weight is 467 g/mol. The first-order valence-corrected chi connectivity index (χ1v) is 11.0. The van der Waals surface area contributed by atoms with Crippen molar-refractivity contribution in [3.63, 3.8) is 0 Å². The largest absolute Gasteiger partial charge is 0.481 e. The van der Waals surface area contributed by atoms with E-state index in [4.69, 9.17) is 5.11 Å². The molecule has 1 unspecified atom stereocenters. The maximum atomic E-state index is 13.6. The monoisotopic (exact) mass is 466 g/mol. The van der Waals surface area contributed by atoms with Gasteiger partial charge in [-0.3, -0.25) is 24.1 Å². The number of benzene rings is 2. The van der Waals surface area contributed by atoms with E-state index in [0.717, 1.165) is 11.1 Å². The van der Waals surface area contributed by atoms with Gasteiger partial charge in [0.1, 0.15) is 12.7 Å². The van der Waals surface area contributed by atoms with Gasteiger partial charge in [-0.25, -0.2) is 4.39 Å². The minimum absolute atomic E-state index is 0.185. The number of carbonyl (C=O) groups excluding carboxylic acids is 3. The molecule has 2 aromatic carbocycles. The Balaban J connectivity index is 1.90. The number of hydrogen-bond acceptors (Lipinski definition) is 4. The lowest BCUT2D eigenvalue weighted by atomic mass is 9.90. The van der Waals surface area contributed by atoms with Gasteiger partial charge in [-0.05, 0) is 29.2 Å². The summed E-state index contributed by atoms with van der Waals surface area (Å²) in [6.45, 7) is 2.12. The second-order valence-corrected chi connectivity index (χ2v) is 8.49. The first kappa shape index (κ1) is 24.8. The van der Waals surface area contributed by atoms with E-state index in [0.29, 0.717) is 11.4 Å². The summed E-state index contributed by atoms with van der Waals surface area (Å²) in [4.78, 5) is 51.1. The lowest BCUT2D eigenvalue weighted by molar-refractivity contribution is -0.141. The van der Waals surface area contributed by atoms with Crippen LogP contribution in [-0.2, 0) is 19.2 Å². The van der Waals surface area contributed by atoms with Crippen LogP contribution in [0.5, 0.6) is 0 Å². The minimum Gasteiger partial charge on any atom is -0.481 e. The van der Waals surface area contributed by atoms with Gasteiger partial charge in [0.25, 0.3) is 0 Å². The van der Waals surface area contributed by atoms with E-state index >= 15 is 0 Å². The van der Waals surface area contributed by atoms with Gasteiger partial charge in [0, 0.05) is 12.3 Å². The van der Waals surface area contributed by atoms with Crippen LogP contribution in [-0.4, -0.2) is 41.4 Å². The van der Waals surface area contributed by atoms with E-state index < -0.39 is 42.7 Å². The SMILES string of the molecule is CC(C)[C@H](CC(=O)N1c2ccccc2C=Cc2ccccc21)C(=O)NC(CC(=O)O)C(=O)CF. The molecular weight excluding hydrogens is 439 g/mol. The van der Waals surface area contributed by atoms with Crippen molar-refractivity contribution in [3.05, 3.63) is 59.7 Å². The van der Waals surface area contributed by atoms with Crippen LogP contribution in [0.1, 0.15) is 37.8 Å². The van der Waals surface area contributed by atoms with Crippen LogP contribution < -0.4 is 10.2 Å². The number of fused-ring (bicyclic) bond motifs is 2. The van der Waals surface area contributed by atoms with Gasteiger partial charge >= 0.3 is 5.97 Å². The summed E-state index contributed by atoms with van der Waals surface area (Å²) in [6.07, 6.45) is 2.93. The first-order chi connectivity index (χ1) is 16.2. The molecule has 2 amide bonds. The molecule has 178 valence electrons. The number of ketones is 1. The number of nitrogens with one attached hydrogen (secondary N) is 1. The van der Waals surface area contributed by atoms with Gasteiger partial charge in [0.2, 0.25) is 11.8 Å². The Kier molecular flexibility index (Phi) is 7.94. The molecule has 0 aromatic heterocycles. The Morgan fingerprint density at radius 1 is 0.912 bits per heavy atom. The van der Waals surface area contributed by atoms with Crippen molar-refractivity contribution in [2.24, 2.45) is 11.8 Å². The number of alkyl halides is 1. The van der Waals surface area contributed by atoms with Crippen molar-refractivity contribution < 1.29 is 28.7 Å². The number of carboxylic acids is 1. The predicted octanol–water partition coefficient (Wildman–Crippen LogP) is 4.00. The highest BCUT2D eigenvalue weighted by Gasteiger charge is 2.33. The molecule has 2 aromatic rings. The summed E-state index contributed by atoms with van der Waals surface area (Å²) in [5.41, 5.74) is 3.03. The zero-order valence-electron chi connectivity index (χ0n) is 19.0. The second-order valence-electron chi connectivity index (χ2n) is 8.49. The fourth-order valence-electron chi connectivity index (χ4n) is 3.94. The second kappa shape index (κ2) is 10.9. The zero-order chi connectivity index (χ0) is 24.8. The standard InChI is InChI=1S/C26H27FN2O5/c1-16(2)19(26(34)28-20(14-25(32)33)23(30)15-27)13-24(31)29-21-9-5-3-7-17(21)11-12-18-8-4-6-10-22(18)29/h3-12,16,19-20H,13-15H2,1-2H3,(H,28,34)(H,32,33)/t19-,20?/m0/s1. The van der Waals surface area contributed by atoms with Gasteiger partial charge in [-0.2, -0.15) is 0 Å². The number of anilines is 2. The number of rotatable bonds is 9. The van der Waals surface area contributed by atoms with Crippen LogP contribution in [0.2, 0.25) is 0 Å². The van der Waals surface area contributed by atoms with Gasteiger partial charge < -0.3 is 10.4 Å². The number of aliphatic carboxylic acids is 1. The van der Waals surface area contributed by atoms with E-state index in [1.807, 2.05) is 60.7 Å². The summed E-state index contributed by atoms with van der Waals surface area (Å²) in [5, 5.41) is 11.4. The molecule has 7 nitrogen and oxygen atoms in total. The summed E-state index contributed by atoms with van der Waals surface area (Å²) in [5.74, 6) is -4.51. The van der Waals surface area contributed by atoms with Gasteiger partial charge in [-0.1, -0.05) is 62.4 Å². The summed E-state index contributed by atoms with van der Waals surface area (Å²) < 4.78 is 12.9. The van der Waals surface area contributed by atoms with E-state index in [9.17, 15) is 23.6 Å². The normalized spacial score (nSPS) is 13.9. The Hall–Kier alpha value is -3.81. The lowest BCUT2D eigenvalue weighted by Gasteiger charge is -2.28. The first-order valence-electron chi connectivity index (χ1n) is 11.0. The number of para-hydroxylation sites is 2. The quantitative estimate of drug-likeness (QED) is 0.582. The highest BCUT2D eigenvalue weighted by molar-refractivity contribution is 6.07. The van der Waals surface area contributed by atoms with Crippen LogP contribution in [0.15, 0.2) is 48.5 Å². The Labute approximate surface area is 197 Å². The third-order valence-electron chi connectivity index (χ3n) is 5.80. The van der Waals surface area contributed by atoms with Crippen molar-refractivity contribution in [1.29, 1.82) is 0 Å². The van der Waals surface area contributed by atoms with Gasteiger partial charge in [0.15, 0.2) is 5.78 Å². The average Bonchev–Trinajstić information content (AvgIpc) is 2.97. The highest BCUT2D eigenvalue weighted by atomic mass is 19.1. The fourth-order valence-corrected chi connectivity index (χ4v) is 3.94. The molecule has 1 aliphatic heterocycles. The van der Waals surface area contributed by atoms with E-state index in [1.54, 1.807) is 18.7 Å². The molecule has 8 heteroatoms.